The summed E-state index contributed by atoms with van der Waals surface area (Å²) in [5.74, 6) is -5.76. The molecule has 1 radical (unpaired) electrons. The molecule has 8 bridgehead atoms. The van der Waals surface area contributed by atoms with Gasteiger partial charge in [0.15, 0.2) is 0 Å². The molecule has 1 aromatic heterocycles. The Bertz CT molecular complexity index is 1950. The number of nitrogens with zero attached hydrogens (tertiary/aromatic N) is 4. The second-order valence-electron chi connectivity index (χ2n) is 11.5. The van der Waals surface area contributed by atoms with Gasteiger partial charge in [-0.3, -0.25) is 4.99 Å². The van der Waals surface area contributed by atoms with Crippen molar-refractivity contribution < 1.29 is 145 Å². The van der Waals surface area contributed by atoms with E-state index in [2.05, 4.69) is 6.58 Å². The van der Waals surface area contributed by atoms with Crippen molar-refractivity contribution in [1.29, 1.82) is 0 Å². The number of fused-ring (bicyclic) bond motifs is 5. The second-order valence-corrected chi connectivity index (χ2v) is 11.5. The summed E-state index contributed by atoms with van der Waals surface area (Å²) in [5, 5.41) is 38.2. The van der Waals surface area contributed by atoms with Gasteiger partial charge in [-0.25, -0.2) is 9.98 Å². The maximum Gasteiger partial charge on any atom is 2.00 e. The SMILES string of the molecule is C=CC1=C(C)C2=NC1=CC1=NC(=Cc3[n-]c4c(c3C)=C([O-])C(C(=O)[O-])C=4C3=NC(=C2)C(C)C3CCC(=O)[O-])C(CC)=C1C.[Cu+2].[K+].[K+]. The number of aliphatic imine (C=N–C) groups is 3. The van der Waals surface area contributed by atoms with E-state index in [9.17, 15) is 24.9 Å². The Morgan fingerprint density at radius 1 is 1.00 bits per heavy atom. The van der Waals surface area contributed by atoms with Gasteiger partial charge in [-0.05, 0) is 79.7 Å². The van der Waals surface area contributed by atoms with E-state index in [0.717, 1.165) is 34.4 Å². The van der Waals surface area contributed by atoms with Crippen molar-refractivity contribution in [2.75, 3.05) is 0 Å². The molecule has 3 atom stereocenters. The number of carboxylic acid groups (broad SMARTS) is 2. The van der Waals surface area contributed by atoms with Gasteiger partial charge in [0.25, 0.3) is 0 Å². The largest absolute Gasteiger partial charge is 2.00 e. The van der Waals surface area contributed by atoms with Gasteiger partial charge in [-0.2, -0.15) is 0 Å². The first-order chi connectivity index (χ1) is 20.5. The van der Waals surface area contributed by atoms with E-state index in [1.807, 2.05) is 45.9 Å². The second kappa shape index (κ2) is 15.3. The minimum atomic E-state index is -1.59. The molecule has 46 heavy (non-hydrogen) atoms. The first-order valence-electron chi connectivity index (χ1n) is 14.4. The molecule has 5 aliphatic rings. The molecule has 6 rings (SSSR count). The molecule has 1 aromatic rings. The van der Waals surface area contributed by atoms with Crippen molar-refractivity contribution in [2.24, 2.45) is 32.7 Å². The van der Waals surface area contributed by atoms with Gasteiger partial charge in [0, 0.05) is 40.7 Å². The van der Waals surface area contributed by atoms with Crippen molar-refractivity contribution in [2.45, 2.75) is 53.9 Å². The zero-order valence-electron chi connectivity index (χ0n) is 27.0. The van der Waals surface area contributed by atoms with Crippen molar-refractivity contribution in [3.05, 3.63) is 86.0 Å². The standard InChI is InChI=1S/C34H34N4O5.Cu.2K/c1-7-18-14(3)21-11-23-16(5)20(9-10-27(39)40)31(37-23)29-30(34(42)43)33(41)28-17(6)24(38-32(28)29)13-26-19(8-2)15(4)22(36-26)12-25(18)35-21;;;/h7,11-13,16,20,30H,1,8-10H2,2-6H3,(H4,35,36,37,38,39,40,41,42,43);;;/q;+2;2*+1/p-4. The van der Waals surface area contributed by atoms with Crippen LogP contribution in [0, 0.1) is 24.7 Å². The molecule has 12 heteroatoms. The molecule has 0 N–H and O–H groups in total. The Balaban J connectivity index is 0.00000192. The van der Waals surface area contributed by atoms with Crippen LogP contribution in [0.3, 0.4) is 0 Å². The normalized spacial score (nSPS) is 22.6. The molecule has 5 heterocycles. The predicted molar refractivity (Wildman–Crippen MR) is 158 cm³/mol. The van der Waals surface area contributed by atoms with Gasteiger partial charge in [0.1, 0.15) is 0 Å². The summed E-state index contributed by atoms with van der Waals surface area (Å²) in [5.41, 5.74) is 8.86. The van der Waals surface area contributed by atoms with E-state index < -0.39 is 29.5 Å². The summed E-state index contributed by atoms with van der Waals surface area (Å²) in [6.45, 7) is 13.7. The van der Waals surface area contributed by atoms with Crippen molar-refractivity contribution >= 4 is 46.5 Å². The molecule has 1 aliphatic carbocycles. The summed E-state index contributed by atoms with van der Waals surface area (Å²) < 4.78 is 0. The number of hydrogen-bond acceptors (Lipinski definition) is 8. The minimum Gasteiger partial charge on any atom is -0.874 e. The molecule has 0 aromatic carbocycles. The van der Waals surface area contributed by atoms with Crippen LogP contribution in [0.5, 0.6) is 0 Å². The molecule has 4 aliphatic heterocycles. The Hall–Kier alpha value is -0.998. The average molecular weight is 716 g/mol. The molecule has 0 saturated carbocycles. The number of hydrogen-bond donors (Lipinski definition) is 0. The van der Waals surface area contributed by atoms with Crippen LogP contribution >= 0.6 is 0 Å². The molecule has 229 valence electrons. The van der Waals surface area contributed by atoms with Crippen LogP contribution in [0.2, 0.25) is 0 Å². The number of aliphatic carboxylic acids is 2. The zero-order valence-corrected chi connectivity index (χ0v) is 34.2. The Morgan fingerprint density at radius 3 is 2.26 bits per heavy atom. The van der Waals surface area contributed by atoms with Crippen LogP contribution < -0.4 is 134 Å². The maximum absolute atomic E-state index is 13.7. The third kappa shape index (κ3) is 6.50. The summed E-state index contributed by atoms with van der Waals surface area (Å²) in [6.07, 6.45) is 8.00. The van der Waals surface area contributed by atoms with Gasteiger partial charge < -0.3 is 29.9 Å². The number of carbonyl (C=O) groups is 2. The molecule has 0 amide bonds. The van der Waals surface area contributed by atoms with E-state index in [-0.39, 0.29) is 155 Å². The van der Waals surface area contributed by atoms with Gasteiger partial charge in [-0.15, -0.1) is 16.8 Å². The summed E-state index contributed by atoms with van der Waals surface area (Å²) in [4.78, 5) is 43.6. The monoisotopic (exact) mass is 715 g/mol. The van der Waals surface area contributed by atoms with Crippen molar-refractivity contribution in [3.63, 3.8) is 0 Å². The fraction of sp³-hybridized carbons (Fsp3) is 0.324. The zero-order chi connectivity index (χ0) is 30.9. The van der Waals surface area contributed by atoms with Gasteiger partial charge >= 0.3 is 120 Å². The quantitative estimate of drug-likeness (QED) is 0.268. The molecule has 3 unspecified atom stereocenters. The molecule has 0 spiro atoms. The van der Waals surface area contributed by atoms with Crippen LogP contribution in [0.1, 0.15) is 58.2 Å². The van der Waals surface area contributed by atoms with E-state index in [0.29, 0.717) is 39.8 Å². The van der Waals surface area contributed by atoms with Gasteiger partial charge in [0.05, 0.1) is 28.8 Å². The smallest absolute Gasteiger partial charge is 0.874 e. The van der Waals surface area contributed by atoms with Gasteiger partial charge in [-0.1, -0.05) is 38.1 Å². The maximum atomic E-state index is 13.7. The first kappa shape index (κ1) is 39.4. The molecule has 0 saturated heterocycles. The average Bonchev–Trinajstić information content (AvgIpc) is 3.68. The molecule has 9 nitrogen and oxygen atoms in total. The number of allylic oxidation sites excluding steroid dienone is 7. The summed E-state index contributed by atoms with van der Waals surface area (Å²) in [7, 11) is 0. The minimum absolute atomic E-state index is 0. The molecule has 0 fully saturated rings. The van der Waals surface area contributed by atoms with Crippen LogP contribution in [-0.2, 0) is 26.7 Å². The molecular weight excluding hydrogens is 686 g/mol. The van der Waals surface area contributed by atoms with E-state index >= 15 is 0 Å². The first-order valence-corrected chi connectivity index (χ1v) is 14.4. The number of rotatable bonds is 6. The Kier molecular flexibility index (Phi) is 13.1. The molecular formula is C34H30CuK2N4O5. The number of aromatic nitrogens is 1. The van der Waals surface area contributed by atoms with E-state index in [4.69, 9.17) is 20.0 Å². The van der Waals surface area contributed by atoms with Gasteiger partial charge in [0.2, 0.25) is 0 Å². The fourth-order valence-corrected chi connectivity index (χ4v) is 6.80. The third-order valence-electron chi connectivity index (χ3n) is 9.20. The van der Waals surface area contributed by atoms with E-state index in [1.54, 1.807) is 13.0 Å². The van der Waals surface area contributed by atoms with Crippen molar-refractivity contribution in [3.8, 4) is 0 Å². The van der Waals surface area contributed by atoms with Crippen molar-refractivity contribution in [1.82, 2.24) is 4.98 Å². The fourth-order valence-electron chi connectivity index (χ4n) is 6.80. The van der Waals surface area contributed by atoms with Crippen LogP contribution in [-0.4, -0.2) is 29.1 Å². The third-order valence-corrected chi connectivity index (χ3v) is 9.20. The summed E-state index contributed by atoms with van der Waals surface area (Å²) in [6, 6.07) is 0. The Labute approximate surface area is 363 Å². The topological polar surface area (TPSA) is 154 Å². The number of carboxylic acids is 2. The predicted octanol–water partition coefficient (Wildman–Crippen LogP) is -5.55. The summed E-state index contributed by atoms with van der Waals surface area (Å²) >= 11 is 0. The van der Waals surface area contributed by atoms with Crippen LogP contribution in [0.15, 0.2) is 79.2 Å². The Morgan fingerprint density at radius 2 is 1.65 bits per heavy atom. The van der Waals surface area contributed by atoms with Crippen LogP contribution in [0.25, 0.3) is 17.4 Å². The van der Waals surface area contributed by atoms with E-state index in [1.165, 1.54) is 0 Å². The van der Waals surface area contributed by atoms with Crippen LogP contribution in [0.4, 0.5) is 0 Å². The number of carbonyl (C=O) groups excluding carboxylic acids is 2.